The summed E-state index contributed by atoms with van der Waals surface area (Å²) in [6.45, 7) is 0. The molecule has 0 saturated carbocycles. The lowest BCUT2D eigenvalue weighted by Gasteiger charge is -2.09. The van der Waals surface area contributed by atoms with E-state index in [0.29, 0.717) is 0 Å². The van der Waals surface area contributed by atoms with E-state index in [0.717, 1.165) is 24.3 Å². The molecule has 0 heterocycles. The summed E-state index contributed by atoms with van der Waals surface area (Å²) in [5, 5.41) is 8.96. The highest BCUT2D eigenvalue weighted by molar-refractivity contribution is 6.33. The van der Waals surface area contributed by atoms with Gasteiger partial charge in [-0.1, -0.05) is 11.6 Å². The molecule has 21 heavy (non-hydrogen) atoms. The summed E-state index contributed by atoms with van der Waals surface area (Å²) in [7, 11) is 0. The number of alkyl halides is 3. The highest BCUT2D eigenvalue weighted by Crippen LogP contribution is 2.32. The lowest BCUT2D eigenvalue weighted by molar-refractivity contribution is -0.137. The molecule has 0 atom stereocenters. The third kappa shape index (κ3) is 3.66. The second-order valence-electron chi connectivity index (χ2n) is 4.07. The Morgan fingerprint density at radius 3 is 2.14 bits per heavy atom. The average Bonchev–Trinajstić information content (AvgIpc) is 2.40. The molecule has 7 heteroatoms. The Bertz CT molecular complexity index is 666. The lowest BCUT2D eigenvalue weighted by Crippen LogP contribution is -2.04. The number of benzene rings is 2. The van der Waals surface area contributed by atoms with Crippen LogP contribution in [0.25, 0.3) is 0 Å². The molecule has 0 fully saturated rings. The molecular weight excluding hydrogens is 309 g/mol. The van der Waals surface area contributed by atoms with Gasteiger partial charge in [0.05, 0.1) is 16.1 Å². The van der Waals surface area contributed by atoms with Crippen molar-refractivity contribution in [2.24, 2.45) is 0 Å². The summed E-state index contributed by atoms with van der Waals surface area (Å²) in [4.78, 5) is 10.9. The van der Waals surface area contributed by atoms with Gasteiger partial charge in [0.15, 0.2) is 0 Å². The summed E-state index contributed by atoms with van der Waals surface area (Å²) in [6, 6.07) is 8.02. The number of halogens is 4. The summed E-state index contributed by atoms with van der Waals surface area (Å²) in [5.74, 6) is -0.906. The Morgan fingerprint density at radius 1 is 1.05 bits per heavy atom. The molecule has 0 aliphatic heterocycles. The van der Waals surface area contributed by atoms with Crippen molar-refractivity contribution in [3.63, 3.8) is 0 Å². The third-order valence-corrected chi connectivity index (χ3v) is 2.92. The van der Waals surface area contributed by atoms with Gasteiger partial charge in [-0.2, -0.15) is 13.2 Å². The van der Waals surface area contributed by atoms with Crippen LogP contribution in [0.5, 0.6) is 11.5 Å². The summed E-state index contributed by atoms with van der Waals surface area (Å²) in [6.07, 6.45) is -4.42. The van der Waals surface area contributed by atoms with Crippen LogP contribution in [0, 0.1) is 0 Å². The second-order valence-corrected chi connectivity index (χ2v) is 4.48. The van der Waals surface area contributed by atoms with Crippen LogP contribution in [0.2, 0.25) is 5.02 Å². The molecule has 0 spiro atoms. The molecule has 0 amide bonds. The van der Waals surface area contributed by atoms with Crippen molar-refractivity contribution in [2.75, 3.05) is 0 Å². The smallest absolute Gasteiger partial charge is 0.416 e. The van der Waals surface area contributed by atoms with Crippen LogP contribution in [-0.2, 0) is 6.18 Å². The van der Waals surface area contributed by atoms with Crippen LogP contribution >= 0.6 is 11.6 Å². The van der Waals surface area contributed by atoms with Crippen LogP contribution < -0.4 is 4.74 Å². The van der Waals surface area contributed by atoms with E-state index in [1.807, 2.05) is 0 Å². The summed E-state index contributed by atoms with van der Waals surface area (Å²) < 4.78 is 42.5. The lowest BCUT2D eigenvalue weighted by atomic mass is 10.2. The fraction of sp³-hybridized carbons (Fsp3) is 0.0714. The first kappa shape index (κ1) is 15.2. The van der Waals surface area contributed by atoms with Gasteiger partial charge in [-0.25, -0.2) is 4.79 Å². The maximum absolute atomic E-state index is 12.4. The Kier molecular flexibility index (Phi) is 4.09. The zero-order valence-corrected chi connectivity index (χ0v) is 11.1. The molecule has 0 bridgehead atoms. The Balaban J connectivity index is 2.22. The first-order chi connectivity index (χ1) is 9.77. The minimum absolute atomic E-state index is 0.0438. The largest absolute Gasteiger partial charge is 0.478 e. The second kappa shape index (κ2) is 5.65. The van der Waals surface area contributed by atoms with Crippen LogP contribution in [0.3, 0.4) is 0 Å². The Morgan fingerprint density at radius 2 is 1.62 bits per heavy atom. The highest BCUT2D eigenvalue weighted by Gasteiger charge is 2.30. The average molecular weight is 317 g/mol. The minimum Gasteiger partial charge on any atom is -0.478 e. The van der Waals surface area contributed by atoms with Gasteiger partial charge in [0.2, 0.25) is 0 Å². The number of carbonyl (C=O) groups is 1. The van der Waals surface area contributed by atoms with Gasteiger partial charge < -0.3 is 9.84 Å². The quantitative estimate of drug-likeness (QED) is 0.880. The molecule has 0 aliphatic carbocycles. The van der Waals surface area contributed by atoms with Crippen molar-refractivity contribution in [1.29, 1.82) is 0 Å². The Hall–Kier alpha value is -2.21. The van der Waals surface area contributed by atoms with Crippen LogP contribution in [-0.4, -0.2) is 11.1 Å². The maximum Gasteiger partial charge on any atom is 0.416 e. The van der Waals surface area contributed by atoms with Gasteiger partial charge in [0.1, 0.15) is 11.5 Å². The molecule has 0 aliphatic rings. The van der Waals surface area contributed by atoms with Crippen molar-refractivity contribution in [1.82, 2.24) is 0 Å². The van der Waals surface area contributed by atoms with Crippen LogP contribution in [0.4, 0.5) is 13.2 Å². The van der Waals surface area contributed by atoms with E-state index in [4.69, 9.17) is 21.4 Å². The standard InChI is InChI=1S/C14H8ClF3O3/c15-12-6-5-10(7-11(12)13(19)20)21-9-3-1-8(2-4-9)14(16,17)18/h1-7H,(H,19,20). The van der Waals surface area contributed by atoms with Gasteiger partial charge in [-0.3, -0.25) is 0 Å². The number of carboxylic acids is 1. The molecule has 1 N–H and O–H groups in total. The monoisotopic (exact) mass is 316 g/mol. The fourth-order valence-electron chi connectivity index (χ4n) is 1.58. The van der Waals surface area contributed by atoms with Crippen LogP contribution in [0.15, 0.2) is 42.5 Å². The van der Waals surface area contributed by atoms with Crippen molar-refractivity contribution < 1.29 is 27.8 Å². The molecule has 0 aromatic heterocycles. The maximum atomic E-state index is 12.4. The number of carboxylic acid groups (broad SMARTS) is 1. The zero-order valence-electron chi connectivity index (χ0n) is 10.3. The Labute approximate surface area is 122 Å². The first-order valence-electron chi connectivity index (χ1n) is 5.65. The molecule has 2 aromatic rings. The van der Waals surface area contributed by atoms with E-state index in [9.17, 15) is 18.0 Å². The summed E-state index contributed by atoms with van der Waals surface area (Å²) in [5.41, 5.74) is -0.946. The number of aromatic carboxylic acids is 1. The molecular formula is C14H8ClF3O3. The molecule has 110 valence electrons. The SMILES string of the molecule is O=C(O)c1cc(Oc2ccc(C(F)(F)F)cc2)ccc1Cl. The molecule has 0 unspecified atom stereocenters. The van der Waals surface area contributed by atoms with E-state index in [1.165, 1.54) is 18.2 Å². The van der Waals surface area contributed by atoms with E-state index in [2.05, 4.69) is 0 Å². The van der Waals surface area contributed by atoms with E-state index in [-0.39, 0.29) is 22.1 Å². The normalized spacial score (nSPS) is 11.2. The van der Waals surface area contributed by atoms with Gasteiger partial charge in [0, 0.05) is 0 Å². The van der Waals surface area contributed by atoms with Crippen LogP contribution in [0.1, 0.15) is 15.9 Å². The molecule has 2 rings (SSSR count). The predicted molar refractivity (Wildman–Crippen MR) is 69.9 cm³/mol. The van der Waals surface area contributed by atoms with E-state index >= 15 is 0 Å². The van der Waals surface area contributed by atoms with Gasteiger partial charge >= 0.3 is 12.1 Å². The van der Waals surface area contributed by atoms with Gasteiger partial charge in [-0.15, -0.1) is 0 Å². The molecule has 3 nitrogen and oxygen atoms in total. The first-order valence-corrected chi connectivity index (χ1v) is 6.03. The van der Waals surface area contributed by atoms with Gasteiger partial charge in [0.25, 0.3) is 0 Å². The number of hydrogen-bond acceptors (Lipinski definition) is 2. The predicted octanol–water partition coefficient (Wildman–Crippen LogP) is 4.85. The van der Waals surface area contributed by atoms with Gasteiger partial charge in [-0.05, 0) is 42.5 Å². The third-order valence-electron chi connectivity index (χ3n) is 2.59. The topological polar surface area (TPSA) is 46.5 Å². The van der Waals surface area contributed by atoms with Crippen molar-refractivity contribution in [2.45, 2.75) is 6.18 Å². The number of ether oxygens (including phenoxy) is 1. The molecule has 0 saturated heterocycles. The molecule has 2 aromatic carbocycles. The van der Waals surface area contributed by atoms with E-state index in [1.54, 1.807) is 0 Å². The summed E-state index contributed by atoms with van der Waals surface area (Å²) >= 11 is 5.70. The van der Waals surface area contributed by atoms with Crippen molar-refractivity contribution in [3.05, 3.63) is 58.6 Å². The minimum atomic E-state index is -4.42. The zero-order chi connectivity index (χ0) is 15.6. The highest BCUT2D eigenvalue weighted by atomic mass is 35.5. The number of hydrogen-bond donors (Lipinski definition) is 1. The number of rotatable bonds is 3. The van der Waals surface area contributed by atoms with Crippen molar-refractivity contribution in [3.8, 4) is 11.5 Å². The van der Waals surface area contributed by atoms with E-state index < -0.39 is 17.7 Å². The fourth-order valence-corrected chi connectivity index (χ4v) is 1.78. The van der Waals surface area contributed by atoms with Crippen molar-refractivity contribution >= 4 is 17.6 Å². The molecule has 0 radical (unpaired) electrons.